The van der Waals surface area contributed by atoms with Gasteiger partial charge in [0.25, 0.3) is 0 Å². The molecule has 0 aromatic carbocycles. The molecule has 0 rings (SSSR count). The zero-order valence-corrected chi connectivity index (χ0v) is 12.5. The second kappa shape index (κ2) is 8.69. The number of aliphatic hydroxyl groups excluding tert-OH is 1. The molecule has 1 N–H and O–H groups in total. The minimum atomic E-state index is -0.0574. The van der Waals surface area contributed by atoms with Gasteiger partial charge in [0, 0.05) is 6.61 Å². The number of unbranched alkanes of at least 4 members (excludes halogenated alkanes) is 5. The van der Waals surface area contributed by atoms with Crippen LogP contribution < -0.4 is 0 Å². The van der Waals surface area contributed by atoms with E-state index in [1.165, 1.54) is 32.1 Å². The van der Waals surface area contributed by atoms with Crippen LogP contribution in [0.25, 0.3) is 0 Å². The van der Waals surface area contributed by atoms with Crippen LogP contribution in [-0.4, -0.2) is 13.9 Å². The molecule has 0 aliphatic carbocycles. The van der Waals surface area contributed by atoms with Gasteiger partial charge >= 0.3 is 0 Å². The van der Waals surface area contributed by atoms with Crippen molar-refractivity contribution in [2.45, 2.75) is 47.1 Å². The van der Waals surface area contributed by atoms with Gasteiger partial charge in [0.05, 0.1) is 0 Å². The summed E-state index contributed by atoms with van der Waals surface area (Å²) in [4.78, 5) is 0. The second-order valence-corrected chi connectivity index (χ2v) is 10.5. The number of hydrogen-bond acceptors (Lipinski definition) is 1. The van der Waals surface area contributed by atoms with Crippen LogP contribution in [0.5, 0.6) is 0 Å². The molecule has 0 saturated heterocycles. The summed E-state index contributed by atoms with van der Waals surface area (Å²) in [6.45, 7) is 0.341. The SMILES string of the molecule is OCCCCCCCCC(Br)(Br)Br. The van der Waals surface area contributed by atoms with Crippen molar-refractivity contribution in [3.8, 4) is 0 Å². The summed E-state index contributed by atoms with van der Waals surface area (Å²) in [5, 5.41) is 8.56. The number of hydrogen-bond donors (Lipinski definition) is 1. The lowest BCUT2D eigenvalue weighted by Gasteiger charge is -2.10. The highest BCUT2D eigenvalue weighted by atomic mass is 80.0. The van der Waals surface area contributed by atoms with E-state index in [2.05, 4.69) is 47.8 Å². The highest BCUT2D eigenvalue weighted by Gasteiger charge is 2.15. The van der Waals surface area contributed by atoms with Gasteiger partial charge in [-0.15, -0.1) is 0 Å². The number of alkyl halides is 3. The largest absolute Gasteiger partial charge is 0.396 e. The van der Waals surface area contributed by atoms with Crippen LogP contribution in [0.1, 0.15) is 44.9 Å². The lowest BCUT2D eigenvalue weighted by atomic mass is 10.1. The molecule has 0 radical (unpaired) electrons. The van der Waals surface area contributed by atoms with Crippen molar-refractivity contribution in [3.63, 3.8) is 0 Å². The van der Waals surface area contributed by atoms with E-state index < -0.39 is 0 Å². The van der Waals surface area contributed by atoms with Gasteiger partial charge in [0.2, 0.25) is 0 Å². The highest BCUT2D eigenvalue weighted by molar-refractivity contribution is 9.39. The zero-order valence-electron chi connectivity index (χ0n) is 7.74. The third-order valence-electron chi connectivity index (χ3n) is 1.87. The first-order valence-electron chi connectivity index (χ1n) is 4.74. The van der Waals surface area contributed by atoms with E-state index >= 15 is 0 Å². The Morgan fingerprint density at radius 1 is 0.769 bits per heavy atom. The standard InChI is InChI=1S/C9H17Br3O/c10-9(11,12)7-5-3-1-2-4-6-8-13/h13H,1-8H2. The Morgan fingerprint density at radius 3 is 1.69 bits per heavy atom. The Hall–Kier alpha value is 1.40. The van der Waals surface area contributed by atoms with Crippen molar-refractivity contribution < 1.29 is 5.11 Å². The molecular weight excluding hydrogens is 364 g/mol. The van der Waals surface area contributed by atoms with E-state index in [4.69, 9.17) is 5.11 Å². The third-order valence-corrected chi connectivity index (χ3v) is 3.06. The Bertz CT molecular complexity index is 112. The fourth-order valence-electron chi connectivity index (χ4n) is 1.14. The molecule has 0 aromatic heterocycles. The van der Waals surface area contributed by atoms with Gasteiger partial charge in [-0.25, -0.2) is 0 Å². The van der Waals surface area contributed by atoms with Crippen LogP contribution in [0.2, 0.25) is 0 Å². The predicted molar refractivity (Wildman–Crippen MR) is 68.9 cm³/mol. The van der Waals surface area contributed by atoms with E-state index in [1.807, 2.05) is 0 Å². The molecule has 0 spiro atoms. The van der Waals surface area contributed by atoms with Gasteiger partial charge in [0.1, 0.15) is 2.14 Å². The molecule has 0 amide bonds. The molecule has 0 bridgehead atoms. The maximum Gasteiger partial charge on any atom is 0.135 e. The molecule has 0 aliphatic heterocycles. The minimum absolute atomic E-state index is 0.0574. The third kappa shape index (κ3) is 13.4. The first-order valence-corrected chi connectivity index (χ1v) is 7.12. The summed E-state index contributed by atoms with van der Waals surface area (Å²) in [5.41, 5.74) is 0. The maximum absolute atomic E-state index is 8.56. The number of aliphatic hydroxyl groups is 1. The fraction of sp³-hybridized carbons (Fsp3) is 1.00. The van der Waals surface area contributed by atoms with E-state index in [9.17, 15) is 0 Å². The fourth-order valence-corrected chi connectivity index (χ4v) is 1.99. The maximum atomic E-state index is 8.56. The average Bonchev–Trinajstić information content (AvgIpc) is 2.01. The first-order chi connectivity index (χ1) is 6.06. The van der Waals surface area contributed by atoms with Gasteiger partial charge in [-0.2, -0.15) is 0 Å². The monoisotopic (exact) mass is 378 g/mol. The van der Waals surface area contributed by atoms with Crippen molar-refractivity contribution in [3.05, 3.63) is 0 Å². The normalized spacial score (nSPS) is 12.0. The molecule has 1 nitrogen and oxygen atoms in total. The Balaban J connectivity index is 3.00. The molecule has 0 atom stereocenters. The van der Waals surface area contributed by atoms with Crippen LogP contribution in [0, 0.1) is 0 Å². The highest BCUT2D eigenvalue weighted by Crippen LogP contribution is 2.38. The summed E-state index contributed by atoms with van der Waals surface area (Å²) in [6, 6.07) is 0. The molecule has 0 heterocycles. The lowest BCUT2D eigenvalue weighted by molar-refractivity contribution is 0.282. The van der Waals surface area contributed by atoms with Crippen LogP contribution in [0.15, 0.2) is 0 Å². The second-order valence-electron chi connectivity index (χ2n) is 3.21. The van der Waals surface area contributed by atoms with Gasteiger partial charge in [-0.3, -0.25) is 0 Å². The Morgan fingerprint density at radius 2 is 1.23 bits per heavy atom. The minimum Gasteiger partial charge on any atom is -0.396 e. The molecule has 4 heteroatoms. The molecule has 0 fully saturated rings. The van der Waals surface area contributed by atoms with Crippen molar-refractivity contribution in [2.75, 3.05) is 6.61 Å². The smallest absolute Gasteiger partial charge is 0.135 e. The molecule has 0 saturated carbocycles. The van der Waals surface area contributed by atoms with Crippen LogP contribution >= 0.6 is 47.8 Å². The summed E-state index contributed by atoms with van der Waals surface area (Å²) >= 11 is 10.4. The van der Waals surface area contributed by atoms with Crippen LogP contribution in [-0.2, 0) is 0 Å². The molecular formula is C9H17Br3O. The topological polar surface area (TPSA) is 20.2 Å². The summed E-state index contributed by atoms with van der Waals surface area (Å²) in [5.74, 6) is 0. The van der Waals surface area contributed by atoms with Crippen molar-refractivity contribution in [1.29, 1.82) is 0 Å². The molecule has 0 unspecified atom stereocenters. The molecule has 13 heavy (non-hydrogen) atoms. The molecule has 0 aromatic rings. The summed E-state index contributed by atoms with van der Waals surface area (Å²) < 4.78 is -0.0574. The van der Waals surface area contributed by atoms with Gasteiger partial charge in [0.15, 0.2) is 0 Å². The van der Waals surface area contributed by atoms with Gasteiger partial charge in [-0.05, 0) is 12.8 Å². The average molecular weight is 381 g/mol. The predicted octanol–water partition coefficient (Wildman–Crippen LogP) is 4.55. The summed E-state index contributed by atoms with van der Waals surface area (Å²) in [6.07, 6.45) is 8.24. The van der Waals surface area contributed by atoms with Crippen molar-refractivity contribution in [1.82, 2.24) is 0 Å². The van der Waals surface area contributed by atoms with Crippen molar-refractivity contribution >= 4 is 47.8 Å². The Kier molecular flexibility index (Phi) is 9.62. The number of halogens is 3. The molecule has 0 aliphatic rings. The van der Waals surface area contributed by atoms with Crippen LogP contribution in [0.4, 0.5) is 0 Å². The zero-order chi connectivity index (χ0) is 10.2. The van der Waals surface area contributed by atoms with E-state index in [0.29, 0.717) is 6.61 Å². The van der Waals surface area contributed by atoms with Crippen molar-refractivity contribution in [2.24, 2.45) is 0 Å². The van der Waals surface area contributed by atoms with E-state index in [0.717, 1.165) is 12.8 Å². The van der Waals surface area contributed by atoms with E-state index in [-0.39, 0.29) is 2.14 Å². The first kappa shape index (κ1) is 14.4. The Labute approximate surface area is 106 Å². The lowest BCUT2D eigenvalue weighted by Crippen LogP contribution is -1.98. The summed E-state index contributed by atoms with van der Waals surface area (Å²) in [7, 11) is 0. The molecule has 80 valence electrons. The number of rotatable bonds is 7. The van der Waals surface area contributed by atoms with Crippen LogP contribution in [0.3, 0.4) is 0 Å². The van der Waals surface area contributed by atoms with E-state index in [1.54, 1.807) is 0 Å². The quantitative estimate of drug-likeness (QED) is 0.507. The van der Waals surface area contributed by atoms with Gasteiger partial charge in [-0.1, -0.05) is 79.9 Å². The van der Waals surface area contributed by atoms with Gasteiger partial charge < -0.3 is 5.11 Å².